The molecule has 0 radical (unpaired) electrons. The van der Waals surface area contributed by atoms with Gasteiger partial charge in [-0.1, -0.05) is 0 Å². The van der Waals surface area contributed by atoms with Gasteiger partial charge in [-0.3, -0.25) is 14.6 Å². The van der Waals surface area contributed by atoms with E-state index in [0.29, 0.717) is 31.8 Å². The molecule has 160 valence electrons. The lowest BCUT2D eigenvalue weighted by molar-refractivity contribution is -0.134. The van der Waals surface area contributed by atoms with Gasteiger partial charge in [0, 0.05) is 64.1 Å². The number of piperazine rings is 2. The SMILES string of the molecule is O=C(CN1CCN(c2ccc(F)cc2)CC1)N1CCN(C2CCS(=O)(=O)C2)CC1. The second kappa shape index (κ2) is 8.57. The van der Waals surface area contributed by atoms with Gasteiger partial charge in [0.15, 0.2) is 9.84 Å². The highest BCUT2D eigenvalue weighted by molar-refractivity contribution is 7.91. The van der Waals surface area contributed by atoms with Gasteiger partial charge in [-0.15, -0.1) is 0 Å². The summed E-state index contributed by atoms with van der Waals surface area (Å²) in [4.78, 5) is 21.2. The highest BCUT2D eigenvalue weighted by Crippen LogP contribution is 2.20. The van der Waals surface area contributed by atoms with Crippen molar-refractivity contribution in [3.8, 4) is 0 Å². The first-order valence-corrected chi connectivity index (χ1v) is 12.2. The van der Waals surface area contributed by atoms with Gasteiger partial charge in [-0.05, 0) is 30.7 Å². The van der Waals surface area contributed by atoms with Crippen molar-refractivity contribution in [1.29, 1.82) is 0 Å². The molecule has 1 unspecified atom stereocenters. The summed E-state index contributed by atoms with van der Waals surface area (Å²) in [5.41, 5.74) is 1.02. The number of carbonyl (C=O) groups is 1. The van der Waals surface area contributed by atoms with Crippen LogP contribution in [0.4, 0.5) is 10.1 Å². The molecule has 1 aromatic carbocycles. The van der Waals surface area contributed by atoms with Gasteiger partial charge in [0.25, 0.3) is 0 Å². The lowest BCUT2D eigenvalue weighted by Crippen LogP contribution is -2.55. The Morgan fingerprint density at radius 1 is 0.966 bits per heavy atom. The Balaban J connectivity index is 1.20. The standard InChI is InChI=1S/C20H29FN4O3S/c21-17-1-3-18(4-2-17)23-8-6-22(7-9-23)15-20(26)25-12-10-24(11-13-25)19-5-14-29(27,28)16-19/h1-4,19H,5-16H2. The second-order valence-electron chi connectivity index (χ2n) is 8.21. The fourth-order valence-corrected chi connectivity index (χ4v) is 6.27. The summed E-state index contributed by atoms with van der Waals surface area (Å²) in [6, 6.07) is 6.67. The van der Waals surface area contributed by atoms with Gasteiger partial charge in [-0.2, -0.15) is 0 Å². The summed E-state index contributed by atoms with van der Waals surface area (Å²) in [6.07, 6.45) is 0.717. The Bertz CT molecular complexity index is 817. The average Bonchev–Trinajstić information content (AvgIpc) is 3.09. The van der Waals surface area contributed by atoms with E-state index in [9.17, 15) is 17.6 Å². The van der Waals surface area contributed by atoms with Crippen LogP contribution in [-0.2, 0) is 14.6 Å². The molecular formula is C20H29FN4O3S. The molecule has 9 heteroatoms. The molecule has 0 aliphatic carbocycles. The van der Waals surface area contributed by atoms with Crippen LogP contribution < -0.4 is 4.90 Å². The summed E-state index contributed by atoms with van der Waals surface area (Å²) >= 11 is 0. The van der Waals surface area contributed by atoms with E-state index >= 15 is 0 Å². The van der Waals surface area contributed by atoms with Gasteiger partial charge in [0.2, 0.25) is 5.91 Å². The van der Waals surface area contributed by atoms with Crippen LogP contribution in [0.1, 0.15) is 6.42 Å². The fraction of sp³-hybridized carbons (Fsp3) is 0.650. The maximum Gasteiger partial charge on any atom is 0.236 e. The number of benzene rings is 1. The van der Waals surface area contributed by atoms with E-state index in [-0.39, 0.29) is 23.5 Å². The molecule has 7 nitrogen and oxygen atoms in total. The van der Waals surface area contributed by atoms with Gasteiger partial charge in [-0.25, -0.2) is 12.8 Å². The van der Waals surface area contributed by atoms with Crippen LogP contribution in [0.15, 0.2) is 24.3 Å². The zero-order valence-electron chi connectivity index (χ0n) is 16.7. The van der Waals surface area contributed by atoms with E-state index in [1.807, 2.05) is 4.90 Å². The van der Waals surface area contributed by atoms with Crippen LogP contribution in [0.2, 0.25) is 0 Å². The number of amides is 1. The summed E-state index contributed by atoms with van der Waals surface area (Å²) < 4.78 is 36.5. The van der Waals surface area contributed by atoms with Crippen molar-refractivity contribution in [3.05, 3.63) is 30.1 Å². The van der Waals surface area contributed by atoms with E-state index in [4.69, 9.17) is 0 Å². The predicted molar refractivity (Wildman–Crippen MR) is 110 cm³/mol. The van der Waals surface area contributed by atoms with Gasteiger partial charge < -0.3 is 9.80 Å². The van der Waals surface area contributed by atoms with E-state index in [0.717, 1.165) is 45.0 Å². The first-order valence-electron chi connectivity index (χ1n) is 10.3. The van der Waals surface area contributed by atoms with Crippen molar-refractivity contribution in [2.45, 2.75) is 12.5 Å². The summed E-state index contributed by atoms with van der Waals surface area (Å²) in [7, 11) is -2.87. The molecule has 0 spiro atoms. The van der Waals surface area contributed by atoms with E-state index in [1.165, 1.54) is 12.1 Å². The first-order chi connectivity index (χ1) is 13.9. The molecule has 3 fully saturated rings. The van der Waals surface area contributed by atoms with Gasteiger partial charge >= 0.3 is 0 Å². The summed E-state index contributed by atoms with van der Waals surface area (Å²) in [6.45, 7) is 6.54. The predicted octanol–water partition coefficient (Wildman–Crippen LogP) is 0.279. The third kappa shape index (κ3) is 5.07. The lowest BCUT2D eigenvalue weighted by Gasteiger charge is -2.39. The molecule has 3 aliphatic rings. The number of hydrogen-bond donors (Lipinski definition) is 0. The molecule has 0 saturated carbocycles. The Morgan fingerprint density at radius 3 is 2.21 bits per heavy atom. The number of nitrogens with zero attached hydrogens (tertiary/aromatic N) is 4. The molecule has 0 aromatic heterocycles. The molecule has 4 rings (SSSR count). The maximum absolute atomic E-state index is 13.1. The van der Waals surface area contributed by atoms with Crippen molar-refractivity contribution >= 4 is 21.4 Å². The Labute approximate surface area is 172 Å². The Morgan fingerprint density at radius 2 is 1.62 bits per heavy atom. The number of hydrogen-bond acceptors (Lipinski definition) is 6. The van der Waals surface area contributed by atoms with Crippen molar-refractivity contribution < 1.29 is 17.6 Å². The van der Waals surface area contributed by atoms with Crippen LogP contribution >= 0.6 is 0 Å². The first kappa shape index (κ1) is 20.6. The zero-order chi connectivity index (χ0) is 20.4. The lowest BCUT2D eigenvalue weighted by atomic mass is 10.2. The monoisotopic (exact) mass is 424 g/mol. The van der Waals surface area contributed by atoms with Crippen molar-refractivity contribution in [2.75, 3.05) is 75.3 Å². The quantitative estimate of drug-likeness (QED) is 0.692. The maximum atomic E-state index is 13.1. The molecule has 0 bridgehead atoms. The van der Waals surface area contributed by atoms with Crippen molar-refractivity contribution in [1.82, 2.24) is 14.7 Å². The van der Waals surface area contributed by atoms with Crippen LogP contribution in [-0.4, -0.2) is 105 Å². The molecule has 29 heavy (non-hydrogen) atoms. The Hall–Kier alpha value is -1.71. The third-order valence-electron chi connectivity index (χ3n) is 6.31. The molecule has 3 saturated heterocycles. The molecule has 0 N–H and O–H groups in total. The van der Waals surface area contributed by atoms with Crippen molar-refractivity contribution in [3.63, 3.8) is 0 Å². The fourth-order valence-electron chi connectivity index (χ4n) is 4.51. The molecular weight excluding hydrogens is 395 g/mol. The highest BCUT2D eigenvalue weighted by atomic mass is 32.2. The molecule has 3 aliphatic heterocycles. The van der Waals surface area contributed by atoms with Crippen molar-refractivity contribution in [2.24, 2.45) is 0 Å². The Kier molecular flexibility index (Phi) is 6.08. The van der Waals surface area contributed by atoms with Gasteiger partial charge in [0.05, 0.1) is 18.1 Å². The number of sulfone groups is 1. The minimum atomic E-state index is -2.87. The minimum absolute atomic E-state index is 0.122. The van der Waals surface area contributed by atoms with Gasteiger partial charge in [0.1, 0.15) is 5.82 Å². The smallest absolute Gasteiger partial charge is 0.236 e. The molecule has 1 amide bonds. The molecule has 1 atom stereocenters. The van der Waals surface area contributed by atoms with Crippen LogP contribution in [0.25, 0.3) is 0 Å². The zero-order valence-corrected chi connectivity index (χ0v) is 17.5. The second-order valence-corrected chi connectivity index (χ2v) is 10.4. The van der Waals surface area contributed by atoms with Crippen LogP contribution in [0.3, 0.4) is 0 Å². The van der Waals surface area contributed by atoms with E-state index in [1.54, 1.807) is 12.1 Å². The van der Waals surface area contributed by atoms with Crippen LogP contribution in [0, 0.1) is 5.82 Å². The number of halogens is 1. The number of anilines is 1. The van der Waals surface area contributed by atoms with E-state index < -0.39 is 9.84 Å². The summed E-state index contributed by atoms with van der Waals surface area (Å²) in [5, 5.41) is 0. The third-order valence-corrected chi connectivity index (χ3v) is 8.07. The normalized spacial score (nSPS) is 26.0. The average molecular weight is 425 g/mol. The molecule has 1 aromatic rings. The number of rotatable bonds is 4. The van der Waals surface area contributed by atoms with Crippen LogP contribution in [0.5, 0.6) is 0 Å². The highest BCUT2D eigenvalue weighted by Gasteiger charge is 2.34. The topological polar surface area (TPSA) is 64.2 Å². The minimum Gasteiger partial charge on any atom is -0.369 e. The summed E-state index contributed by atoms with van der Waals surface area (Å²) in [5.74, 6) is 0.478. The molecule has 3 heterocycles. The number of carbonyl (C=O) groups excluding carboxylic acids is 1. The van der Waals surface area contributed by atoms with E-state index in [2.05, 4.69) is 14.7 Å². The largest absolute Gasteiger partial charge is 0.369 e.